The first-order valence-electron chi connectivity index (χ1n) is 6.21. The van der Waals surface area contributed by atoms with E-state index < -0.39 is 5.97 Å². The van der Waals surface area contributed by atoms with Crippen LogP contribution in [0.15, 0.2) is 42.5 Å². The number of nitrogens with zero attached hydrogens (tertiary/aromatic N) is 1. The number of carbonyl (C=O) groups is 1. The summed E-state index contributed by atoms with van der Waals surface area (Å²) in [7, 11) is 0. The maximum atomic E-state index is 10.8. The van der Waals surface area contributed by atoms with E-state index in [1.54, 1.807) is 12.1 Å². The molecule has 0 unspecified atom stereocenters. The second-order valence-corrected chi connectivity index (χ2v) is 4.19. The second-order valence-electron chi connectivity index (χ2n) is 4.19. The van der Waals surface area contributed by atoms with Gasteiger partial charge < -0.3 is 14.9 Å². The SMILES string of the molecule is O=C(O)c1cccc(COc2ccccc2CCO)n1. The highest BCUT2D eigenvalue weighted by Gasteiger charge is 2.07. The van der Waals surface area contributed by atoms with Gasteiger partial charge in [-0.1, -0.05) is 24.3 Å². The fourth-order valence-electron chi connectivity index (χ4n) is 1.80. The lowest BCUT2D eigenvalue weighted by atomic mass is 10.1. The van der Waals surface area contributed by atoms with Crippen molar-refractivity contribution in [3.63, 3.8) is 0 Å². The third-order valence-corrected chi connectivity index (χ3v) is 2.76. The summed E-state index contributed by atoms with van der Waals surface area (Å²) < 4.78 is 5.64. The predicted molar refractivity (Wildman–Crippen MR) is 72.8 cm³/mol. The number of carboxylic acid groups (broad SMARTS) is 1. The van der Waals surface area contributed by atoms with E-state index in [0.717, 1.165) is 5.56 Å². The first-order valence-corrected chi connectivity index (χ1v) is 6.21. The van der Waals surface area contributed by atoms with Crippen LogP contribution in [0.3, 0.4) is 0 Å². The van der Waals surface area contributed by atoms with Crippen LogP contribution in [0, 0.1) is 0 Å². The van der Waals surface area contributed by atoms with E-state index in [-0.39, 0.29) is 18.9 Å². The molecule has 0 amide bonds. The summed E-state index contributed by atoms with van der Waals surface area (Å²) in [4.78, 5) is 14.8. The quantitative estimate of drug-likeness (QED) is 0.840. The van der Waals surface area contributed by atoms with Gasteiger partial charge in [0.25, 0.3) is 0 Å². The van der Waals surface area contributed by atoms with Crippen molar-refractivity contribution in [3.05, 3.63) is 59.4 Å². The lowest BCUT2D eigenvalue weighted by Crippen LogP contribution is -2.06. The zero-order chi connectivity index (χ0) is 14.4. The van der Waals surface area contributed by atoms with Gasteiger partial charge in [0.1, 0.15) is 18.1 Å². The van der Waals surface area contributed by atoms with Crippen LogP contribution in [-0.4, -0.2) is 27.8 Å². The highest BCUT2D eigenvalue weighted by molar-refractivity contribution is 5.85. The van der Waals surface area contributed by atoms with Crippen molar-refractivity contribution in [1.29, 1.82) is 0 Å². The van der Waals surface area contributed by atoms with E-state index in [0.29, 0.717) is 17.9 Å². The molecule has 0 aliphatic carbocycles. The number of pyridine rings is 1. The van der Waals surface area contributed by atoms with Gasteiger partial charge in [-0.05, 0) is 30.2 Å². The molecule has 1 aromatic heterocycles. The summed E-state index contributed by atoms with van der Waals surface area (Å²) >= 11 is 0. The topological polar surface area (TPSA) is 79.7 Å². The Hall–Kier alpha value is -2.40. The Morgan fingerprint density at radius 1 is 1.15 bits per heavy atom. The molecule has 1 heterocycles. The molecule has 0 saturated carbocycles. The normalized spacial score (nSPS) is 10.2. The van der Waals surface area contributed by atoms with Crippen LogP contribution in [0.5, 0.6) is 5.75 Å². The van der Waals surface area contributed by atoms with Gasteiger partial charge in [-0.25, -0.2) is 9.78 Å². The number of aliphatic hydroxyl groups is 1. The molecule has 1 aromatic carbocycles. The van der Waals surface area contributed by atoms with Crippen LogP contribution >= 0.6 is 0 Å². The Labute approximate surface area is 116 Å². The second kappa shape index (κ2) is 6.68. The molecule has 5 heteroatoms. The molecule has 0 bridgehead atoms. The fourth-order valence-corrected chi connectivity index (χ4v) is 1.80. The number of aliphatic hydroxyl groups excluding tert-OH is 1. The van der Waals surface area contributed by atoms with Crippen molar-refractivity contribution in [2.75, 3.05) is 6.61 Å². The van der Waals surface area contributed by atoms with E-state index in [1.807, 2.05) is 24.3 Å². The molecule has 0 atom stereocenters. The molecule has 104 valence electrons. The van der Waals surface area contributed by atoms with Crippen LogP contribution in [0.4, 0.5) is 0 Å². The average molecular weight is 273 g/mol. The molecule has 2 aromatic rings. The summed E-state index contributed by atoms with van der Waals surface area (Å²) in [5, 5.41) is 17.9. The average Bonchev–Trinajstić information content (AvgIpc) is 2.47. The summed E-state index contributed by atoms with van der Waals surface area (Å²) in [6.45, 7) is 0.233. The standard InChI is InChI=1S/C15H15NO4/c17-9-8-11-4-1-2-7-14(11)20-10-12-5-3-6-13(16-12)15(18)19/h1-7,17H,8-10H2,(H,18,19). The lowest BCUT2D eigenvalue weighted by Gasteiger charge is -2.10. The minimum Gasteiger partial charge on any atom is -0.487 e. The van der Waals surface area contributed by atoms with Crippen LogP contribution in [0.2, 0.25) is 0 Å². The highest BCUT2D eigenvalue weighted by Crippen LogP contribution is 2.19. The zero-order valence-corrected chi connectivity index (χ0v) is 10.8. The predicted octanol–water partition coefficient (Wildman–Crippen LogP) is 1.89. The Morgan fingerprint density at radius 3 is 2.70 bits per heavy atom. The van der Waals surface area contributed by atoms with E-state index in [4.69, 9.17) is 14.9 Å². The van der Waals surface area contributed by atoms with Gasteiger partial charge in [0, 0.05) is 6.61 Å². The minimum atomic E-state index is -1.06. The Morgan fingerprint density at radius 2 is 1.95 bits per heavy atom. The number of para-hydroxylation sites is 1. The van der Waals surface area contributed by atoms with Crippen LogP contribution in [0.1, 0.15) is 21.7 Å². The number of hydrogen-bond donors (Lipinski definition) is 2. The van der Waals surface area contributed by atoms with Crippen LogP contribution in [0.25, 0.3) is 0 Å². The van der Waals surface area contributed by atoms with Gasteiger partial charge in [0.05, 0.1) is 5.69 Å². The number of hydrogen-bond acceptors (Lipinski definition) is 4. The Bertz CT molecular complexity index is 598. The minimum absolute atomic E-state index is 0.00487. The summed E-state index contributed by atoms with van der Waals surface area (Å²) in [6, 6.07) is 12.2. The van der Waals surface area contributed by atoms with Crippen LogP contribution in [-0.2, 0) is 13.0 Å². The summed E-state index contributed by atoms with van der Waals surface area (Å²) in [5.74, 6) is -0.392. The third-order valence-electron chi connectivity index (χ3n) is 2.76. The van der Waals surface area contributed by atoms with Crippen molar-refractivity contribution in [2.45, 2.75) is 13.0 Å². The molecule has 5 nitrogen and oxygen atoms in total. The maximum absolute atomic E-state index is 10.8. The molecule has 0 aliphatic rings. The highest BCUT2D eigenvalue weighted by atomic mass is 16.5. The summed E-state index contributed by atoms with van der Waals surface area (Å²) in [6.07, 6.45) is 0.513. The monoisotopic (exact) mass is 273 g/mol. The largest absolute Gasteiger partial charge is 0.487 e. The molecular formula is C15H15NO4. The van der Waals surface area contributed by atoms with E-state index >= 15 is 0 Å². The number of carboxylic acids is 1. The van der Waals surface area contributed by atoms with E-state index in [1.165, 1.54) is 6.07 Å². The van der Waals surface area contributed by atoms with Gasteiger partial charge in [-0.2, -0.15) is 0 Å². The molecular weight excluding hydrogens is 258 g/mol. The van der Waals surface area contributed by atoms with E-state index in [9.17, 15) is 4.79 Å². The number of aromatic carboxylic acids is 1. The first kappa shape index (κ1) is 14.0. The Kier molecular flexibility index (Phi) is 4.68. The van der Waals surface area contributed by atoms with Gasteiger partial charge in [-0.15, -0.1) is 0 Å². The molecule has 0 spiro atoms. The number of aromatic nitrogens is 1. The number of ether oxygens (including phenoxy) is 1. The molecule has 0 fully saturated rings. The molecule has 2 N–H and O–H groups in total. The van der Waals surface area contributed by atoms with Crippen molar-refractivity contribution >= 4 is 5.97 Å². The molecule has 20 heavy (non-hydrogen) atoms. The van der Waals surface area contributed by atoms with Crippen molar-refractivity contribution < 1.29 is 19.7 Å². The van der Waals surface area contributed by atoms with E-state index in [2.05, 4.69) is 4.98 Å². The molecule has 0 saturated heterocycles. The Balaban J connectivity index is 2.09. The van der Waals surface area contributed by atoms with Gasteiger partial charge in [0.2, 0.25) is 0 Å². The maximum Gasteiger partial charge on any atom is 0.354 e. The van der Waals surface area contributed by atoms with Crippen LogP contribution < -0.4 is 4.74 Å². The van der Waals surface area contributed by atoms with Crippen molar-refractivity contribution in [3.8, 4) is 5.75 Å². The number of rotatable bonds is 6. The molecule has 0 aliphatic heterocycles. The third kappa shape index (κ3) is 3.55. The first-order chi connectivity index (χ1) is 9.70. The van der Waals surface area contributed by atoms with Gasteiger partial charge in [-0.3, -0.25) is 0 Å². The van der Waals surface area contributed by atoms with Gasteiger partial charge in [0.15, 0.2) is 0 Å². The van der Waals surface area contributed by atoms with Crippen molar-refractivity contribution in [2.24, 2.45) is 0 Å². The smallest absolute Gasteiger partial charge is 0.354 e. The summed E-state index contributed by atoms with van der Waals surface area (Å²) in [5.41, 5.74) is 1.45. The fraction of sp³-hybridized carbons (Fsp3) is 0.200. The zero-order valence-electron chi connectivity index (χ0n) is 10.8. The van der Waals surface area contributed by atoms with Crippen molar-refractivity contribution in [1.82, 2.24) is 4.98 Å². The lowest BCUT2D eigenvalue weighted by molar-refractivity contribution is 0.0690. The number of benzene rings is 1. The molecule has 0 radical (unpaired) electrons. The van der Waals surface area contributed by atoms with Gasteiger partial charge >= 0.3 is 5.97 Å². The molecule has 2 rings (SSSR count).